The van der Waals surface area contributed by atoms with Gasteiger partial charge < -0.3 is 15.5 Å². The summed E-state index contributed by atoms with van der Waals surface area (Å²) in [7, 11) is 1.64. The number of amides is 3. The zero-order chi connectivity index (χ0) is 18.0. The molecular weight excluding hydrogens is 318 g/mol. The summed E-state index contributed by atoms with van der Waals surface area (Å²) in [4.78, 5) is 38.8. The fourth-order valence-electron chi connectivity index (χ4n) is 3.24. The van der Waals surface area contributed by atoms with E-state index in [2.05, 4.69) is 10.6 Å². The van der Waals surface area contributed by atoms with E-state index in [0.29, 0.717) is 16.9 Å². The van der Waals surface area contributed by atoms with Crippen LogP contribution < -0.4 is 15.5 Å². The number of hydrogen-bond donors (Lipinski definition) is 2. The molecule has 0 bridgehead atoms. The highest BCUT2D eigenvalue weighted by Crippen LogP contribution is 2.41. The van der Waals surface area contributed by atoms with Gasteiger partial charge in [0, 0.05) is 30.9 Å². The monoisotopic (exact) mass is 337 g/mol. The number of para-hydroxylation sites is 2. The number of rotatable bonds is 4. The van der Waals surface area contributed by atoms with Gasteiger partial charge in [-0.3, -0.25) is 14.4 Å². The van der Waals surface area contributed by atoms with Crippen molar-refractivity contribution >= 4 is 29.1 Å². The minimum absolute atomic E-state index is 0.179. The van der Waals surface area contributed by atoms with Crippen molar-refractivity contribution in [3.05, 3.63) is 60.2 Å². The van der Waals surface area contributed by atoms with E-state index in [9.17, 15) is 14.4 Å². The van der Waals surface area contributed by atoms with E-state index in [4.69, 9.17) is 0 Å². The molecule has 25 heavy (non-hydrogen) atoms. The van der Waals surface area contributed by atoms with Crippen LogP contribution in [0.4, 0.5) is 11.4 Å². The van der Waals surface area contributed by atoms with E-state index in [1.165, 1.54) is 11.8 Å². The molecular formula is C19H19N3O3. The average molecular weight is 337 g/mol. The molecule has 2 aromatic carbocycles. The lowest BCUT2D eigenvalue weighted by Crippen LogP contribution is -2.53. The Morgan fingerprint density at radius 1 is 1.04 bits per heavy atom. The largest absolute Gasteiger partial charge is 0.338 e. The molecule has 1 heterocycles. The molecule has 0 spiro atoms. The SMILES string of the molecule is CC(=O)NC1(CC(=O)Nc2ccccc2)C(=O)N(C)c2ccccc21. The van der Waals surface area contributed by atoms with E-state index in [1.807, 2.05) is 24.3 Å². The van der Waals surface area contributed by atoms with Gasteiger partial charge in [-0.2, -0.15) is 0 Å². The van der Waals surface area contributed by atoms with Crippen LogP contribution in [0.1, 0.15) is 18.9 Å². The number of fused-ring (bicyclic) bond motifs is 1. The van der Waals surface area contributed by atoms with Crippen molar-refractivity contribution in [2.45, 2.75) is 18.9 Å². The third-order valence-electron chi connectivity index (χ3n) is 4.27. The van der Waals surface area contributed by atoms with Crippen molar-refractivity contribution in [3.8, 4) is 0 Å². The maximum absolute atomic E-state index is 12.9. The van der Waals surface area contributed by atoms with E-state index in [-0.39, 0.29) is 24.1 Å². The summed E-state index contributed by atoms with van der Waals surface area (Å²) < 4.78 is 0. The lowest BCUT2D eigenvalue weighted by Gasteiger charge is -2.28. The van der Waals surface area contributed by atoms with Crippen LogP contribution in [0.25, 0.3) is 0 Å². The molecule has 0 saturated carbocycles. The number of anilines is 2. The molecule has 3 rings (SSSR count). The molecule has 2 aromatic rings. The van der Waals surface area contributed by atoms with Gasteiger partial charge in [0.1, 0.15) is 0 Å². The molecule has 0 radical (unpaired) electrons. The smallest absolute Gasteiger partial charge is 0.257 e. The van der Waals surface area contributed by atoms with Crippen LogP contribution >= 0.6 is 0 Å². The Balaban J connectivity index is 1.96. The lowest BCUT2D eigenvalue weighted by atomic mass is 9.87. The fourth-order valence-corrected chi connectivity index (χ4v) is 3.24. The molecule has 2 N–H and O–H groups in total. The molecule has 1 unspecified atom stereocenters. The van der Waals surface area contributed by atoms with Crippen molar-refractivity contribution in [1.29, 1.82) is 0 Å². The summed E-state index contributed by atoms with van der Waals surface area (Å²) in [6.45, 7) is 1.34. The van der Waals surface area contributed by atoms with Gasteiger partial charge in [0.05, 0.1) is 6.42 Å². The van der Waals surface area contributed by atoms with Crippen LogP contribution in [0.2, 0.25) is 0 Å². The Morgan fingerprint density at radius 2 is 1.68 bits per heavy atom. The molecule has 0 aliphatic carbocycles. The summed E-state index contributed by atoms with van der Waals surface area (Å²) in [5.41, 5.74) is 0.558. The van der Waals surface area contributed by atoms with E-state index < -0.39 is 5.54 Å². The number of hydrogen-bond acceptors (Lipinski definition) is 3. The minimum atomic E-state index is -1.39. The zero-order valence-corrected chi connectivity index (χ0v) is 14.1. The van der Waals surface area contributed by atoms with Crippen LogP contribution in [0.15, 0.2) is 54.6 Å². The second-order valence-corrected chi connectivity index (χ2v) is 6.06. The number of nitrogens with one attached hydrogen (secondary N) is 2. The first-order valence-electron chi connectivity index (χ1n) is 7.95. The normalized spacial score (nSPS) is 18.6. The van der Waals surface area contributed by atoms with Crippen LogP contribution in [-0.2, 0) is 19.9 Å². The molecule has 6 nitrogen and oxygen atoms in total. The third-order valence-corrected chi connectivity index (χ3v) is 4.27. The Labute approximate surface area is 145 Å². The van der Waals surface area contributed by atoms with Gasteiger partial charge >= 0.3 is 0 Å². The first-order valence-corrected chi connectivity index (χ1v) is 7.95. The topological polar surface area (TPSA) is 78.5 Å². The van der Waals surface area contributed by atoms with Gasteiger partial charge in [-0.05, 0) is 18.2 Å². The molecule has 6 heteroatoms. The second kappa shape index (κ2) is 6.39. The molecule has 128 valence electrons. The fraction of sp³-hybridized carbons (Fsp3) is 0.211. The van der Waals surface area contributed by atoms with Gasteiger partial charge in [0.25, 0.3) is 5.91 Å². The molecule has 0 saturated heterocycles. The predicted molar refractivity (Wildman–Crippen MR) is 95.0 cm³/mol. The highest BCUT2D eigenvalue weighted by molar-refractivity contribution is 6.11. The number of carbonyl (C=O) groups excluding carboxylic acids is 3. The van der Waals surface area contributed by atoms with Gasteiger partial charge in [0.15, 0.2) is 5.54 Å². The van der Waals surface area contributed by atoms with Crippen molar-refractivity contribution in [1.82, 2.24) is 5.32 Å². The highest BCUT2D eigenvalue weighted by Gasteiger charge is 2.51. The maximum atomic E-state index is 12.9. The van der Waals surface area contributed by atoms with Crippen LogP contribution in [0.3, 0.4) is 0 Å². The van der Waals surface area contributed by atoms with Gasteiger partial charge in [0.2, 0.25) is 11.8 Å². The van der Waals surface area contributed by atoms with Crippen molar-refractivity contribution in [2.24, 2.45) is 0 Å². The Morgan fingerprint density at radius 3 is 2.36 bits per heavy atom. The Hall–Kier alpha value is -3.15. The molecule has 0 fully saturated rings. The first-order chi connectivity index (χ1) is 11.9. The summed E-state index contributed by atoms with van der Waals surface area (Å²) in [6, 6.07) is 16.2. The van der Waals surface area contributed by atoms with E-state index >= 15 is 0 Å². The van der Waals surface area contributed by atoms with E-state index in [1.54, 1.807) is 37.4 Å². The van der Waals surface area contributed by atoms with Crippen LogP contribution in [0.5, 0.6) is 0 Å². The molecule has 1 aliphatic heterocycles. The number of nitrogens with zero attached hydrogens (tertiary/aromatic N) is 1. The number of carbonyl (C=O) groups is 3. The molecule has 0 aromatic heterocycles. The van der Waals surface area contributed by atoms with Crippen LogP contribution in [0, 0.1) is 0 Å². The average Bonchev–Trinajstić information content (AvgIpc) is 2.78. The third kappa shape index (κ3) is 2.98. The van der Waals surface area contributed by atoms with Gasteiger partial charge in [-0.1, -0.05) is 36.4 Å². The van der Waals surface area contributed by atoms with Crippen LogP contribution in [-0.4, -0.2) is 24.8 Å². The molecule has 1 aliphatic rings. The first kappa shape index (κ1) is 16.7. The standard InChI is InChI=1S/C19H19N3O3/c1-13(23)21-19(12-17(24)20-14-8-4-3-5-9-14)15-10-6-7-11-16(15)22(2)18(19)25/h3-11H,12H2,1-2H3,(H,20,24)(H,21,23). The maximum Gasteiger partial charge on any atom is 0.257 e. The number of likely N-dealkylation sites (N-methyl/N-ethyl adjacent to an activating group) is 1. The van der Waals surface area contributed by atoms with Gasteiger partial charge in [-0.15, -0.1) is 0 Å². The summed E-state index contributed by atoms with van der Waals surface area (Å²) >= 11 is 0. The number of benzene rings is 2. The Bertz CT molecular complexity index is 835. The van der Waals surface area contributed by atoms with Gasteiger partial charge in [-0.25, -0.2) is 0 Å². The van der Waals surface area contributed by atoms with Crippen molar-refractivity contribution in [2.75, 3.05) is 17.3 Å². The predicted octanol–water partition coefficient (Wildman–Crippen LogP) is 2.02. The molecule has 1 atom stereocenters. The van der Waals surface area contributed by atoms with Crippen molar-refractivity contribution < 1.29 is 14.4 Å². The quantitative estimate of drug-likeness (QED) is 0.896. The van der Waals surface area contributed by atoms with Crippen molar-refractivity contribution in [3.63, 3.8) is 0 Å². The Kier molecular flexibility index (Phi) is 4.27. The zero-order valence-electron chi connectivity index (χ0n) is 14.1. The highest BCUT2D eigenvalue weighted by atomic mass is 16.2. The summed E-state index contributed by atoms with van der Waals surface area (Å²) in [6.07, 6.45) is -0.179. The molecule has 3 amide bonds. The van der Waals surface area contributed by atoms with E-state index in [0.717, 1.165) is 0 Å². The summed E-state index contributed by atoms with van der Waals surface area (Å²) in [5, 5.41) is 5.49. The second-order valence-electron chi connectivity index (χ2n) is 6.06. The minimum Gasteiger partial charge on any atom is -0.338 e. The summed E-state index contributed by atoms with van der Waals surface area (Å²) in [5.74, 6) is -1.04. The lowest BCUT2D eigenvalue weighted by molar-refractivity contribution is -0.133.